The number of nitrogens with zero attached hydrogens (tertiary/aromatic N) is 2. The van der Waals surface area contributed by atoms with Crippen molar-refractivity contribution in [3.63, 3.8) is 0 Å². The molecule has 2 aromatic carbocycles. The zero-order valence-electron chi connectivity index (χ0n) is 25.2. The summed E-state index contributed by atoms with van der Waals surface area (Å²) in [4.78, 5) is 59.2. The number of benzene rings is 2. The number of carbonyl (C=O) groups is 4. The maximum atomic E-state index is 14.9. The van der Waals surface area contributed by atoms with Gasteiger partial charge in [0, 0.05) is 30.6 Å². The van der Waals surface area contributed by atoms with E-state index < -0.39 is 59.3 Å². The Morgan fingerprint density at radius 1 is 1.07 bits per heavy atom. The lowest BCUT2D eigenvalue weighted by atomic mass is 9.74. The summed E-state index contributed by atoms with van der Waals surface area (Å²) >= 11 is 10.3. The predicted octanol–water partition coefficient (Wildman–Crippen LogP) is 3.99. The molecule has 2 saturated heterocycles. The van der Waals surface area contributed by atoms with Crippen LogP contribution in [-0.4, -0.2) is 77.7 Å². The number of aryl methyl sites for hydroxylation is 1. The van der Waals surface area contributed by atoms with Gasteiger partial charge in [-0.25, -0.2) is 0 Å². The van der Waals surface area contributed by atoms with Gasteiger partial charge in [0.2, 0.25) is 11.8 Å². The van der Waals surface area contributed by atoms with E-state index in [9.17, 15) is 24.3 Å². The number of halogens is 2. The number of ether oxygens (including phenoxy) is 2. The molecule has 6 atom stereocenters. The van der Waals surface area contributed by atoms with E-state index in [0.717, 1.165) is 11.1 Å². The summed E-state index contributed by atoms with van der Waals surface area (Å²) in [6.45, 7) is 1.75. The van der Waals surface area contributed by atoms with Gasteiger partial charge in [-0.2, -0.15) is 0 Å². The summed E-state index contributed by atoms with van der Waals surface area (Å²) in [7, 11) is 0. The molecule has 3 amide bonds. The van der Waals surface area contributed by atoms with Crippen LogP contribution in [-0.2, 0) is 28.7 Å². The Bertz CT molecular complexity index is 1580. The van der Waals surface area contributed by atoms with E-state index in [1.165, 1.54) is 9.80 Å². The normalized spacial score (nSPS) is 30.6. The van der Waals surface area contributed by atoms with Crippen LogP contribution in [0.1, 0.15) is 36.4 Å². The van der Waals surface area contributed by atoms with Crippen molar-refractivity contribution in [2.75, 3.05) is 31.2 Å². The van der Waals surface area contributed by atoms with Gasteiger partial charge < -0.3 is 29.7 Å². The second kappa shape index (κ2) is 13.3. The number of nitrogens with one attached hydrogen (secondary N) is 1. The summed E-state index contributed by atoms with van der Waals surface area (Å²) in [5, 5.41) is 13.1. The summed E-state index contributed by atoms with van der Waals surface area (Å²) in [6, 6.07) is 12.7. The van der Waals surface area contributed by atoms with Crippen molar-refractivity contribution in [2.24, 2.45) is 11.8 Å². The van der Waals surface area contributed by atoms with Crippen LogP contribution in [0.2, 0.25) is 5.02 Å². The Morgan fingerprint density at radius 2 is 1.85 bits per heavy atom. The van der Waals surface area contributed by atoms with Crippen LogP contribution in [0.15, 0.2) is 71.2 Å². The standard InChI is InChI=1S/C34H35BrClN3O7/c1-20-10-8-13-23(36)28(20)38-15-7-3-6-14-25(41)45-19-24(21-11-4-2-5-12-21)37-31(42)26-27-32(43)39(16-9-17-40)30(33(38)44)34(27)18-22(35)29(26)46-34/h2-5,7-8,10-13,18,24,26-27,29-30,40H,6,9,14-17,19H2,1H3,(H,37,42)/b7-3-/t24-,26-,27+,29-,30-,34+/m0/s1. The Balaban J connectivity index is 1.47. The zero-order valence-corrected chi connectivity index (χ0v) is 27.6. The molecule has 4 heterocycles. The van der Waals surface area contributed by atoms with Crippen LogP contribution < -0.4 is 10.2 Å². The van der Waals surface area contributed by atoms with Crippen LogP contribution in [0.5, 0.6) is 0 Å². The van der Waals surface area contributed by atoms with Crippen LogP contribution in [0.4, 0.5) is 5.69 Å². The molecule has 242 valence electrons. The van der Waals surface area contributed by atoms with E-state index in [-0.39, 0.29) is 39.1 Å². The molecule has 2 aromatic rings. The van der Waals surface area contributed by atoms with Gasteiger partial charge in [0.25, 0.3) is 5.91 Å². The van der Waals surface area contributed by atoms with Gasteiger partial charge in [-0.05, 0) is 43.0 Å². The summed E-state index contributed by atoms with van der Waals surface area (Å²) in [6.07, 6.45) is 5.24. The minimum atomic E-state index is -1.45. The lowest BCUT2D eigenvalue weighted by molar-refractivity contribution is -0.145. The molecule has 6 rings (SSSR count). The Kier molecular flexibility index (Phi) is 9.38. The first-order chi connectivity index (χ1) is 22.2. The number of aliphatic hydroxyl groups excluding tert-OH is 1. The van der Waals surface area contributed by atoms with Gasteiger partial charge >= 0.3 is 5.97 Å². The second-order valence-corrected chi connectivity index (χ2v) is 13.3. The van der Waals surface area contributed by atoms with E-state index in [1.807, 2.05) is 43.3 Å². The first-order valence-corrected chi connectivity index (χ1v) is 16.5. The average molecular weight is 713 g/mol. The topological polar surface area (TPSA) is 125 Å². The van der Waals surface area contributed by atoms with Gasteiger partial charge in [0.1, 0.15) is 24.4 Å². The van der Waals surface area contributed by atoms with E-state index in [0.29, 0.717) is 21.6 Å². The smallest absolute Gasteiger partial charge is 0.306 e. The number of carbonyl (C=O) groups excluding carboxylic acids is 4. The van der Waals surface area contributed by atoms with Crippen molar-refractivity contribution in [3.8, 4) is 0 Å². The molecule has 2 N–H and O–H groups in total. The molecule has 1 spiro atoms. The molecule has 0 unspecified atom stereocenters. The lowest BCUT2D eigenvalue weighted by Gasteiger charge is -2.36. The number of para-hydroxylation sites is 1. The van der Waals surface area contributed by atoms with Crippen LogP contribution in [0.3, 0.4) is 0 Å². The molecule has 10 nitrogen and oxygen atoms in total. The fraction of sp³-hybridized carbons (Fsp3) is 0.412. The molecule has 12 heteroatoms. The highest BCUT2D eigenvalue weighted by molar-refractivity contribution is 9.11. The lowest BCUT2D eigenvalue weighted by Crippen LogP contribution is -2.56. The van der Waals surface area contributed by atoms with E-state index in [2.05, 4.69) is 21.2 Å². The molecular formula is C34H35BrClN3O7. The van der Waals surface area contributed by atoms with Crippen molar-refractivity contribution < 1.29 is 33.8 Å². The number of allylic oxidation sites excluding steroid dienone is 1. The minimum absolute atomic E-state index is 0.0889. The number of esters is 1. The van der Waals surface area contributed by atoms with Crippen molar-refractivity contribution >= 4 is 56.9 Å². The number of hydrogen-bond donors (Lipinski definition) is 2. The second-order valence-electron chi connectivity index (χ2n) is 12.0. The monoisotopic (exact) mass is 711 g/mol. The first-order valence-electron chi connectivity index (χ1n) is 15.4. The van der Waals surface area contributed by atoms with Crippen molar-refractivity contribution in [2.45, 2.75) is 50.0 Å². The number of aliphatic hydroxyl groups is 1. The number of cyclic esters (lactones) is 1. The molecule has 46 heavy (non-hydrogen) atoms. The Morgan fingerprint density at radius 3 is 2.59 bits per heavy atom. The third kappa shape index (κ3) is 5.67. The SMILES string of the molecule is Cc1cccc(Cl)c1N1C/C=C\CCC(=O)OC[C@@H](c2ccccc2)NC(=O)[C@@H]2[C@H]3O[C@@]4(C=C3Br)[C@H](C1=O)N(CCCO)C(=O)[C@@H]24. The molecule has 0 aromatic heterocycles. The summed E-state index contributed by atoms with van der Waals surface area (Å²) < 4.78 is 12.8. The maximum absolute atomic E-state index is 14.9. The van der Waals surface area contributed by atoms with Crippen LogP contribution in [0, 0.1) is 18.8 Å². The molecule has 5 bridgehead atoms. The quantitative estimate of drug-likeness (QED) is 0.355. The number of amides is 3. The van der Waals surface area contributed by atoms with Crippen LogP contribution in [0.25, 0.3) is 0 Å². The molecular weight excluding hydrogens is 678 g/mol. The highest BCUT2D eigenvalue weighted by Gasteiger charge is 2.74. The minimum Gasteiger partial charge on any atom is -0.463 e. The highest BCUT2D eigenvalue weighted by atomic mass is 79.9. The van der Waals surface area contributed by atoms with Crippen molar-refractivity contribution in [1.29, 1.82) is 0 Å². The first kappa shape index (κ1) is 32.4. The highest BCUT2D eigenvalue weighted by Crippen LogP contribution is 2.59. The number of anilines is 1. The number of rotatable bonds is 5. The van der Waals surface area contributed by atoms with Gasteiger partial charge in [-0.15, -0.1) is 0 Å². The molecule has 2 fully saturated rings. The van der Waals surface area contributed by atoms with Crippen molar-refractivity contribution in [3.05, 3.63) is 87.4 Å². The zero-order chi connectivity index (χ0) is 32.6. The summed E-state index contributed by atoms with van der Waals surface area (Å²) in [5.74, 6) is -3.71. The van der Waals surface area contributed by atoms with Gasteiger partial charge in [0.05, 0.1) is 28.6 Å². The number of fused-ring (bicyclic) bond motifs is 2. The Hall–Kier alpha value is -3.51. The number of hydrogen-bond acceptors (Lipinski definition) is 7. The molecule has 0 aliphatic carbocycles. The molecule has 0 saturated carbocycles. The third-order valence-corrected chi connectivity index (χ3v) is 10.1. The predicted molar refractivity (Wildman–Crippen MR) is 174 cm³/mol. The van der Waals surface area contributed by atoms with E-state index in [4.69, 9.17) is 21.1 Å². The van der Waals surface area contributed by atoms with Gasteiger partial charge in [-0.1, -0.05) is 82.1 Å². The van der Waals surface area contributed by atoms with Gasteiger partial charge in [-0.3, -0.25) is 19.2 Å². The fourth-order valence-corrected chi connectivity index (χ4v) is 8.16. The Labute approximate surface area is 280 Å². The van der Waals surface area contributed by atoms with Crippen molar-refractivity contribution in [1.82, 2.24) is 10.2 Å². The maximum Gasteiger partial charge on any atom is 0.306 e. The molecule has 4 aliphatic heterocycles. The summed E-state index contributed by atoms with van der Waals surface area (Å²) in [5.41, 5.74) is 0.522. The van der Waals surface area contributed by atoms with Crippen LogP contribution >= 0.6 is 27.5 Å². The van der Waals surface area contributed by atoms with E-state index in [1.54, 1.807) is 30.4 Å². The average Bonchev–Trinajstić information content (AvgIpc) is 3.63. The number of likely N-dealkylation sites (tertiary alicyclic amines) is 1. The van der Waals surface area contributed by atoms with E-state index >= 15 is 0 Å². The largest absolute Gasteiger partial charge is 0.463 e. The molecule has 4 aliphatic rings. The fourth-order valence-electron chi connectivity index (χ4n) is 7.10. The van der Waals surface area contributed by atoms with Gasteiger partial charge in [0.15, 0.2) is 0 Å². The third-order valence-electron chi connectivity index (χ3n) is 9.14. The molecule has 0 radical (unpaired) electrons.